The molecule has 0 saturated heterocycles. The zero-order valence-electron chi connectivity index (χ0n) is 12.9. The first kappa shape index (κ1) is 17.8. The van der Waals surface area contributed by atoms with E-state index in [-0.39, 0.29) is 12.1 Å². The first-order chi connectivity index (χ1) is 9.82. The van der Waals surface area contributed by atoms with Crippen molar-refractivity contribution in [2.45, 2.75) is 32.1 Å². The van der Waals surface area contributed by atoms with Gasteiger partial charge < -0.3 is 10.1 Å². The molecule has 1 N–H and O–H groups in total. The van der Waals surface area contributed by atoms with Gasteiger partial charge in [0, 0.05) is 12.1 Å². The zero-order chi connectivity index (χ0) is 16.0. The molecule has 0 aliphatic carbocycles. The van der Waals surface area contributed by atoms with E-state index in [4.69, 9.17) is 4.74 Å². The van der Waals surface area contributed by atoms with Crippen molar-refractivity contribution in [1.29, 1.82) is 0 Å². The van der Waals surface area contributed by atoms with Crippen molar-refractivity contribution in [3.8, 4) is 5.75 Å². The second kappa shape index (κ2) is 7.66. The largest absolute Gasteiger partial charge is 0.497 e. The highest BCUT2D eigenvalue weighted by Crippen LogP contribution is 2.25. The molecule has 0 aliphatic heterocycles. The van der Waals surface area contributed by atoms with E-state index < -0.39 is 12.7 Å². The van der Waals surface area contributed by atoms with E-state index in [1.165, 1.54) is 4.90 Å². The molecule has 2 atom stereocenters. The Morgan fingerprint density at radius 1 is 1.24 bits per heavy atom. The Hall–Kier alpha value is -1.27. The van der Waals surface area contributed by atoms with Crippen molar-refractivity contribution in [2.75, 3.05) is 27.2 Å². The quantitative estimate of drug-likeness (QED) is 0.837. The van der Waals surface area contributed by atoms with Crippen LogP contribution in [-0.4, -0.2) is 44.4 Å². The molecule has 21 heavy (non-hydrogen) atoms. The van der Waals surface area contributed by atoms with Gasteiger partial charge in [-0.25, -0.2) is 0 Å². The molecular formula is C15H23F3N2O. The van der Waals surface area contributed by atoms with Crippen molar-refractivity contribution in [3.63, 3.8) is 0 Å². The summed E-state index contributed by atoms with van der Waals surface area (Å²) < 4.78 is 43.0. The number of nitrogens with one attached hydrogen (secondary N) is 1. The number of hydrogen-bond acceptors (Lipinski definition) is 3. The van der Waals surface area contributed by atoms with Gasteiger partial charge in [0.15, 0.2) is 0 Å². The van der Waals surface area contributed by atoms with E-state index in [9.17, 15) is 13.2 Å². The number of alkyl halides is 3. The Kier molecular flexibility index (Phi) is 6.48. The lowest BCUT2D eigenvalue weighted by Crippen LogP contribution is -2.46. The van der Waals surface area contributed by atoms with Gasteiger partial charge in [-0.3, -0.25) is 4.90 Å². The second-order valence-electron chi connectivity index (χ2n) is 4.96. The molecule has 6 heteroatoms. The molecule has 0 radical (unpaired) electrons. The Morgan fingerprint density at radius 2 is 1.81 bits per heavy atom. The van der Waals surface area contributed by atoms with Gasteiger partial charge in [0.25, 0.3) is 0 Å². The van der Waals surface area contributed by atoms with Crippen LogP contribution in [-0.2, 0) is 0 Å². The topological polar surface area (TPSA) is 24.5 Å². The van der Waals surface area contributed by atoms with E-state index in [1.807, 2.05) is 24.3 Å². The van der Waals surface area contributed by atoms with Gasteiger partial charge in [0.1, 0.15) is 5.75 Å². The van der Waals surface area contributed by atoms with Crippen LogP contribution < -0.4 is 10.1 Å². The minimum Gasteiger partial charge on any atom is -0.497 e. The minimum absolute atomic E-state index is 0.182. The summed E-state index contributed by atoms with van der Waals surface area (Å²) in [4.78, 5) is 1.42. The number of benzene rings is 1. The summed E-state index contributed by atoms with van der Waals surface area (Å²) in [6.07, 6.45) is -4.19. The third-order valence-electron chi connectivity index (χ3n) is 3.63. The maximum atomic E-state index is 12.6. The average molecular weight is 304 g/mol. The molecule has 0 bridgehead atoms. The number of halogens is 3. The van der Waals surface area contributed by atoms with Crippen molar-refractivity contribution in [2.24, 2.45) is 0 Å². The summed E-state index contributed by atoms with van der Waals surface area (Å²) in [5.74, 6) is 0.726. The van der Waals surface area contributed by atoms with Crippen LogP contribution in [0, 0.1) is 0 Å². The molecule has 1 rings (SSSR count). The molecule has 0 spiro atoms. The lowest BCUT2D eigenvalue weighted by atomic mass is 9.99. The molecule has 2 unspecified atom stereocenters. The predicted octanol–water partition coefficient (Wildman–Crippen LogP) is 3.23. The fraction of sp³-hybridized carbons (Fsp3) is 0.600. The predicted molar refractivity (Wildman–Crippen MR) is 77.6 cm³/mol. The summed E-state index contributed by atoms with van der Waals surface area (Å²) in [7, 11) is 3.34. The molecule has 0 saturated carbocycles. The summed E-state index contributed by atoms with van der Waals surface area (Å²) >= 11 is 0. The van der Waals surface area contributed by atoms with Crippen molar-refractivity contribution < 1.29 is 17.9 Å². The highest BCUT2D eigenvalue weighted by Gasteiger charge is 2.34. The number of methoxy groups -OCH3 is 1. The number of likely N-dealkylation sites (N-methyl/N-ethyl adjacent to an activating group) is 2. The Morgan fingerprint density at radius 3 is 2.19 bits per heavy atom. The molecule has 0 aromatic heterocycles. The first-order valence-corrected chi connectivity index (χ1v) is 6.94. The summed E-state index contributed by atoms with van der Waals surface area (Å²) in [6.45, 7) is 2.98. The first-order valence-electron chi connectivity index (χ1n) is 6.94. The van der Waals surface area contributed by atoms with Gasteiger partial charge in [-0.05, 0) is 38.2 Å². The zero-order valence-corrected chi connectivity index (χ0v) is 12.9. The van der Waals surface area contributed by atoms with Crippen LogP contribution in [0.5, 0.6) is 5.75 Å². The summed E-state index contributed by atoms with van der Waals surface area (Å²) in [6, 6.07) is 6.91. The maximum Gasteiger partial charge on any atom is 0.401 e. The number of ether oxygens (including phenoxy) is 1. The van der Waals surface area contributed by atoms with Gasteiger partial charge in [-0.15, -0.1) is 0 Å². The third-order valence-corrected chi connectivity index (χ3v) is 3.63. The van der Waals surface area contributed by atoms with E-state index >= 15 is 0 Å². The van der Waals surface area contributed by atoms with Crippen LogP contribution in [0.2, 0.25) is 0 Å². The Bertz CT molecular complexity index is 420. The highest BCUT2D eigenvalue weighted by atomic mass is 19.4. The van der Waals surface area contributed by atoms with Crippen LogP contribution in [0.4, 0.5) is 13.2 Å². The number of hydrogen-bond donors (Lipinski definition) is 1. The fourth-order valence-corrected chi connectivity index (χ4v) is 2.48. The van der Waals surface area contributed by atoms with Gasteiger partial charge in [0.05, 0.1) is 13.7 Å². The standard InChI is InChI=1S/C15H23F3N2O/c1-5-20(10-15(16,17)18)11(2)14(19-3)12-6-8-13(21-4)9-7-12/h6-9,11,14,19H,5,10H2,1-4H3. The van der Waals surface area contributed by atoms with Gasteiger partial charge in [-0.1, -0.05) is 19.1 Å². The van der Waals surface area contributed by atoms with Gasteiger partial charge in [0.2, 0.25) is 0 Å². The van der Waals surface area contributed by atoms with Crippen LogP contribution in [0.1, 0.15) is 25.5 Å². The van der Waals surface area contributed by atoms with E-state index in [2.05, 4.69) is 5.32 Å². The van der Waals surface area contributed by atoms with E-state index in [1.54, 1.807) is 28.0 Å². The average Bonchev–Trinajstić information content (AvgIpc) is 2.45. The monoisotopic (exact) mass is 304 g/mol. The molecule has 3 nitrogen and oxygen atoms in total. The fourth-order valence-electron chi connectivity index (χ4n) is 2.48. The molecular weight excluding hydrogens is 281 g/mol. The maximum absolute atomic E-state index is 12.6. The van der Waals surface area contributed by atoms with Crippen LogP contribution in [0.15, 0.2) is 24.3 Å². The second-order valence-corrected chi connectivity index (χ2v) is 4.96. The molecule has 0 aliphatic rings. The van der Waals surface area contributed by atoms with E-state index in [0.717, 1.165) is 11.3 Å². The van der Waals surface area contributed by atoms with Crippen LogP contribution in [0.3, 0.4) is 0 Å². The number of rotatable bonds is 7. The van der Waals surface area contributed by atoms with Crippen molar-refractivity contribution in [3.05, 3.63) is 29.8 Å². The van der Waals surface area contributed by atoms with Crippen LogP contribution in [0.25, 0.3) is 0 Å². The highest BCUT2D eigenvalue weighted by molar-refractivity contribution is 5.29. The molecule has 1 aromatic carbocycles. The SMILES string of the molecule is CCN(CC(F)(F)F)C(C)C(NC)c1ccc(OC)cc1. The molecule has 0 heterocycles. The summed E-state index contributed by atoms with van der Waals surface area (Å²) in [5.41, 5.74) is 0.937. The molecule has 0 fully saturated rings. The van der Waals surface area contributed by atoms with Crippen molar-refractivity contribution in [1.82, 2.24) is 10.2 Å². The summed E-state index contributed by atoms with van der Waals surface area (Å²) in [5, 5.41) is 3.11. The van der Waals surface area contributed by atoms with Gasteiger partial charge in [-0.2, -0.15) is 13.2 Å². The van der Waals surface area contributed by atoms with Crippen molar-refractivity contribution >= 4 is 0 Å². The van der Waals surface area contributed by atoms with E-state index in [0.29, 0.717) is 6.54 Å². The Labute approximate surface area is 124 Å². The lowest BCUT2D eigenvalue weighted by Gasteiger charge is -2.34. The third kappa shape index (κ3) is 5.21. The lowest BCUT2D eigenvalue weighted by molar-refractivity contribution is -0.150. The normalized spacial score (nSPS) is 15.0. The Balaban J connectivity index is 2.90. The molecule has 120 valence electrons. The number of nitrogens with zero attached hydrogens (tertiary/aromatic N) is 1. The van der Waals surface area contributed by atoms with Crippen LogP contribution >= 0.6 is 0 Å². The smallest absolute Gasteiger partial charge is 0.401 e. The van der Waals surface area contributed by atoms with Gasteiger partial charge >= 0.3 is 6.18 Å². The molecule has 0 amide bonds. The minimum atomic E-state index is -4.19. The molecule has 1 aromatic rings.